The van der Waals surface area contributed by atoms with Crippen LogP contribution in [0.4, 0.5) is 10.5 Å². The predicted molar refractivity (Wildman–Crippen MR) is 70.7 cm³/mol. The highest BCUT2D eigenvalue weighted by atomic mass is 16.6. The van der Waals surface area contributed by atoms with E-state index in [0.717, 1.165) is 0 Å². The normalized spacial score (nSPS) is 29.5. The standard InChI is InChI=1S/C13H13N3O5/c1-6(17)10-11-8-5-7(16(19)20)3-4-9(8)21-13(10,2)15-12(18)14-11/h3-5,10-11H,1-2H3,(H2,14,15,18). The molecule has 1 aromatic carbocycles. The van der Waals surface area contributed by atoms with E-state index in [1.807, 2.05) is 0 Å². The van der Waals surface area contributed by atoms with E-state index in [2.05, 4.69) is 10.6 Å². The van der Waals surface area contributed by atoms with Gasteiger partial charge in [-0.1, -0.05) is 0 Å². The number of amides is 2. The number of urea groups is 1. The predicted octanol–water partition coefficient (Wildman–Crippen LogP) is 1.26. The summed E-state index contributed by atoms with van der Waals surface area (Å²) in [6, 6.07) is 3.02. The molecule has 21 heavy (non-hydrogen) atoms. The number of benzene rings is 1. The third kappa shape index (κ3) is 1.91. The summed E-state index contributed by atoms with van der Waals surface area (Å²) in [4.78, 5) is 34.1. The van der Waals surface area contributed by atoms with Gasteiger partial charge in [-0.3, -0.25) is 20.2 Å². The summed E-state index contributed by atoms with van der Waals surface area (Å²) in [6.45, 7) is 3.02. The number of hydrogen-bond acceptors (Lipinski definition) is 5. The van der Waals surface area contributed by atoms with E-state index >= 15 is 0 Å². The topological polar surface area (TPSA) is 111 Å². The van der Waals surface area contributed by atoms with Crippen LogP contribution in [-0.4, -0.2) is 22.5 Å². The smallest absolute Gasteiger partial charge is 0.318 e. The first-order valence-corrected chi connectivity index (χ1v) is 6.38. The number of nitro groups is 1. The number of nitrogens with one attached hydrogen (secondary N) is 2. The molecule has 2 amide bonds. The Morgan fingerprint density at radius 3 is 2.81 bits per heavy atom. The van der Waals surface area contributed by atoms with Gasteiger partial charge in [0.15, 0.2) is 5.72 Å². The lowest BCUT2D eigenvalue weighted by atomic mass is 9.78. The third-order valence-corrected chi connectivity index (χ3v) is 3.87. The van der Waals surface area contributed by atoms with E-state index in [9.17, 15) is 19.7 Å². The average Bonchev–Trinajstić information content (AvgIpc) is 2.35. The maximum Gasteiger partial charge on any atom is 0.318 e. The summed E-state index contributed by atoms with van der Waals surface area (Å²) in [5.41, 5.74) is -0.838. The number of hydrogen-bond donors (Lipinski definition) is 2. The van der Waals surface area contributed by atoms with Crippen LogP contribution in [0.15, 0.2) is 18.2 Å². The maximum absolute atomic E-state index is 11.9. The lowest BCUT2D eigenvalue weighted by Crippen LogP contribution is -2.69. The first-order valence-electron chi connectivity index (χ1n) is 6.38. The first kappa shape index (κ1) is 13.3. The minimum absolute atomic E-state index is 0.115. The van der Waals surface area contributed by atoms with Gasteiger partial charge in [0.05, 0.1) is 11.0 Å². The van der Waals surface area contributed by atoms with Crippen LogP contribution in [0.1, 0.15) is 25.5 Å². The van der Waals surface area contributed by atoms with Crippen molar-refractivity contribution in [3.05, 3.63) is 33.9 Å². The van der Waals surface area contributed by atoms with Gasteiger partial charge < -0.3 is 10.1 Å². The molecule has 1 aromatic rings. The Balaban J connectivity index is 2.17. The lowest BCUT2D eigenvalue weighted by Gasteiger charge is -2.49. The molecule has 3 atom stereocenters. The molecule has 2 aliphatic heterocycles. The van der Waals surface area contributed by atoms with Crippen LogP contribution >= 0.6 is 0 Å². The number of carbonyl (C=O) groups is 2. The van der Waals surface area contributed by atoms with Gasteiger partial charge in [0.2, 0.25) is 0 Å². The maximum atomic E-state index is 11.9. The molecule has 8 heteroatoms. The van der Waals surface area contributed by atoms with Gasteiger partial charge >= 0.3 is 6.03 Å². The van der Waals surface area contributed by atoms with E-state index in [4.69, 9.17) is 4.74 Å². The highest BCUT2D eigenvalue weighted by Crippen LogP contribution is 2.45. The van der Waals surface area contributed by atoms with Gasteiger partial charge in [-0.25, -0.2) is 4.79 Å². The summed E-state index contributed by atoms with van der Waals surface area (Å²) < 4.78 is 5.75. The molecule has 2 bridgehead atoms. The Labute approximate surface area is 119 Å². The Kier molecular flexibility index (Phi) is 2.65. The van der Waals surface area contributed by atoms with Crippen molar-refractivity contribution >= 4 is 17.5 Å². The van der Waals surface area contributed by atoms with Crippen molar-refractivity contribution in [3.63, 3.8) is 0 Å². The van der Waals surface area contributed by atoms with Crippen LogP contribution in [0, 0.1) is 16.0 Å². The fourth-order valence-electron chi connectivity index (χ4n) is 3.06. The number of ether oxygens (including phenoxy) is 1. The number of ketones is 1. The van der Waals surface area contributed by atoms with Crippen LogP contribution < -0.4 is 15.4 Å². The van der Waals surface area contributed by atoms with Crippen LogP contribution in [-0.2, 0) is 4.79 Å². The van der Waals surface area contributed by atoms with E-state index in [1.54, 1.807) is 6.92 Å². The van der Waals surface area contributed by atoms with Crippen molar-refractivity contribution in [2.45, 2.75) is 25.6 Å². The number of fused-ring (bicyclic) bond motifs is 4. The molecule has 0 spiro atoms. The largest absolute Gasteiger partial charge is 0.467 e. The third-order valence-electron chi connectivity index (χ3n) is 3.87. The molecule has 1 fully saturated rings. The molecular weight excluding hydrogens is 278 g/mol. The first-order chi connectivity index (χ1) is 9.82. The van der Waals surface area contributed by atoms with E-state index < -0.39 is 28.6 Å². The second-order valence-electron chi connectivity index (χ2n) is 5.35. The van der Waals surface area contributed by atoms with Crippen molar-refractivity contribution in [1.29, 1.82) is 0 Å². The second kappa shape index (κ2) is 4.18. The molecule has 2 heterocycles. The fraction of sp³-hybridized carbons (Fsp3) is 0.385. The molecule has 110 valence electrons. The van der Waals surface area contributed by atoms with Crippen LogP contribution in [0.25, 0.3) is 0 Å². The van der Waals surface area contributed by atoms with Crippen LogP contribution in [0.3, 0.4) is 0 Å². The summed E-state index contributed by atoms with van der Waals surface area (Å²) in [6.07, 6.45) is 0. The van der Waals surface area contributed by atoms with E-state index in [0.29, 0.717) is 11.3 Å². The Morgan fingerprint density at radius 2 is 2.19 bits per heavy atom. The van der Waals surface area contributed by atoms with Crippen molar-refractivity contribution in [2.24, 2.45) is 5.92 Å². The molecule has 3 rings (SSSR count). The highest BCUT2D eigenvalue weighted by molar-refractivity contribution is 5.86. The van der Waals surface area contributed by atoms with E-state index in [-0.39, 0.29) is 11.5 Å². The average molecular weight is 291 g/mol. The van der Waals surface area contributed by atoms with Crippen molar-refractivity contribution < 1.29 is 19.2 Å². The number of nitro benzene ring substituents is 1. The molecule has 2 N–H and O–H groups in total. The number of Topliss-reactive ketones (excluding diaryl/α,β-unsaturated/α-hetero) is 1. The molecule has 0 radical (unpaired) electrons. The Hall–Kier alpha value is -2.64. The van der Waals surface area contributed by atoms with Crippen LogP contribution in [0.5, 0.6) is 5.75 Å². The Morgan fingerprint density at radius 1 is 1.48 bits per heavy atom. The molecular formula is C13H13N3O5. The summed E-state index contributed by atoms with van der Waals surface area (Å²) in [5, 5.41) is 16.2. The van der Waals surface area contributed by atoms with Gasteiger partial charge in [0.25, 0.3) is 5.69 Å². The molecule has 8 nitrogen and oxygen atoms in total. The second-order valence-corrected chi connectivity index (χ2v) is 5.35. The molecule has 1 saturated heterocycles. The van der Waals surface area contributed by atoms with Crippen LogP contribution in [0.2, 0.25) is 0 Å². The summed E-state index contributed by atoms with van der Waals surface area (Å²) >= 11 is 0. The highest BCUT2D eigenvalue weighted by Gasteiger charge is 2.54. The Bertz CT molecular complexity index is 674. The number of carbonyl (C=O) groups excluding carboxylic acids is 2. The van der Waals surface area contributed by atoms with Gasteiger partial charge in [-0.05, 0) is 19.9 Å². The molecule has 0 saturated carbocycles. The zero-order valence-electron chi connectivity index (χ0n) is 11.4. The number of rotatable bonds is 2. The van der Waals surface area contributed by atoms with Gasteiger partial charge in [0, 0.05) is 17.7 Å². The zero-order chi connectivity index (χ0) is 15.4. The summed E-state index contributed by atoms with van der Waals surface area (Å²) in [5.74, 6) is -0.421. The van der Waals surface area contributed by atoms with Crippen molar-refractivity contribution in [3.8, 4) is 5.75 Å². The molecule has 3 unspecified atom stereocenters. The van der Waals surface area contributed by atoms with Gasteiger partial charge in [-0.15, -0.1) is 0 Å². The minimum Gasteiger partial charge on any atom is -0.467 e. The monoisotopic (exact) mass is 291 g/mol. The SMILES string of the molecule is CC(=O)C1C2NC(=O)NC1(C)Oc1ccc([N+](=O)[O-])cc12. The zero-order valence-corrected chi connectivity index (χ0v) is 11.4. The van der Waals surface area contributed by atoms with Gasteiger partial charge in [-0.2, -0.15) is 0 Å². The quantitative estimate of drug-likeness (QED) is 0.629. The number of non-ortho nitro benzene ring substituents is 1. The summed E-state index contributed by atoms with van der Waals surface area (Å²) in [7, 11) is 0. The number of nitrogens with zero attached hydrogens (tertiary/aromatic N) is 1. The molecule has 2 aliphatic rings. The molecule has 0 aliphatic carbocycles. The van der Waals surface area contributed by atoms with Crippen molar-refractivity contribution in [2.75, 3.05) is 0 Å². The van der Waals surface area contributed by atoms with Gasteiger partial charge in [0.1, 0.15) is 17.5 Å². The fourth-order valence-corrected chi connectivity index (χ4v) is 3.06. The molecule has 0 aromatic heterocycles. The van der Waals surface area contributed by atoms with E-state index in [1.165, 1.54) is 25.1 Å². The van der Waals surface area contributed by atoms with Crippen molar-refractivity contribution in [1.82, 2.24) is 10.6 Å². The minimum atomic E-state index is -1.16. The lowest BCUT2D eigenvalue weighted by molar-refractivity contribution is -0.385.